The zero-order valence-electron chi connectivity index (χ0n) is 4.82. The number of carboxylic acid groups (broad SMARTS) is 1. The molecule has 50 valence electrons. The lowest BCUT2D eigenvalue weighted by atomic mass is 10.7. The third-order valence-electron chi connectivity index (χ3n) is 0.825. The van der Waals surface area contributed by atoms with Gasteiger partial charge in [-0.2, -0.15) is 0 Å². The van der Waals surface area contributed by atoms with E-state index in [2.05, 4.69) is 0 Å². The van der Waals surface area contributed by atoms with Crippen LogP contribution in [0.2, 0.25) is 0 Å². The molecule has 0 amide bonds. The normalized spacial score (nSPS) is 8.00. The maximum Gasteiger partial charge on any atom is 0.349 e. The van der Waals surface area contributed by atoms with E-state index in [9.17, 15) is 4.79 Å². The Hall–Kier alpha value is -0.790. The quantitative estimate of drug-likeness (QED) is 0.637. The molecule has 0 fully saturated rings. The van der Waals surface area contributed by atoms with Crippen LogP contribution in [0.15, 0.2) is 23.7 Å². The summed E-state index contributed by atoms with van der Waals surface area (Å²) in [5.41, 5.74) is -0.718. The fourth-order valence-corrected chi connectivity index (χ4v) is 1.39. The minimum Gasteiger partial charge on any atom is -0.475 e. The molecule has 1 aromatic heterocycles. The molecule has 0 aliphatic rings. The largest absolute Gasteiger partial charge is 0.475 e. The second-order valence-corrected chi connectivity index (χ2v) is 3.17. The maximum absolute atomic E-state index is 10.1. The molecule has 0 spiro atoms. The average molecular weight is 145 g/mol. The Bertz CT molecular complexity index is 183. The first-order chi connectivity index (χ1) is 3.80. The monoisotopic (exact) mass is 145 g/mol. The van der Waals surface area contributed by atoms with Gasteiger partial charge in [-0.05, 0) is 19.1 Å². The molecule has 0 aliphatic heterocycles. The summed E-state index contributed by atoms with van der Waals surface area (Å²) in [6, 6.07) is 3.53. The SMILES string of the molecule is N.O=C(O)p1cccc1. The van der Waals surface area contributed by atoms with Crippen molar-refractivity contribution in [3.8, 4) is 0 Å². The Morgan fingerprint density at radius 2 is 1.78 bits per heavy atom. The van der Waals surface area contributed by atoms with E-state index in [1.807, 2.05) is 0 Å². The summed E-state index contributed by atoms with van der Waals surface area (Å²) < 4.78 is 0. The lowest BCUT2D eigenvalue weighted by molar-refractivity contribution is 0.221. The van der Waals surface area contributed by atoms with Crippen molar-refractivity contribution in [3.63, 3.8) is 0 Å². The van der Waals surface area contributed by atoms with E-state index in [1.165, 1.54) is 0 Å². The van der Waals surface area contributed by atoms with Crippen LogP contribution in [0, 0.1) is 0 Å². The van der Waals surface area contributed by atoms with Gasteiger partial charge in [0.1, 0.15) is 0 Å². The van der Waals surface area contributed by atoms with Gasteiger partial charge in [-0.1, -0.05) is 12.1 Å². The van der Waals surface area contributed by atoms with E-state index in [0.29, 0.717) is 0 Å². The highest BCUT2D eigenvalue weighted by atomic mass is 31.1. The van der Waals surface area contributed by atoms with Crippen molar-refractivity contribution in [3.05, 3.63) is 23.7 Å². The number of hydrogen-bond acceptors (Lipinski definition) is 2. The van der Waals surface area contributed by atoms with Crippen LogP contribution in [0.5, 0.6) is 0 Å². The molecule has 0 saturated carbocycles. The second-order valence-electron chi connectivity index (χ2n) is 1.37. The zero-order chi connectivity index (χ0) is 5.98. The van der Waals surface area contributed by atoms with Gasteiger partial charge in [-0.25, -0.2) is 4.79 Å². The molecular weight excluding hydrogens is 137 g/mol. The zero-order valence-corrected chi connectivity index (χ0v) is 5.71. The van der Waals surface area contributed by atoms with Crippen molar-refractivity contribution < 1.29 is 9.90 Å². The molecule has 0 radical (unpaired) electrons. The fourth-order valence-electron chi connectivity index (χ4n) is 0.462. The summed E-state index contributed by atoms with van der Waals surface area (Å²) in [6.07, 6.45) is 0. The minimum absolute atomic E-state index is 0. The first kappa shape index (κ1) is 8.21. The Labute approximate surface area is 54.0 Å². The van der Waals surface area contributed by atoms with Crippen LogP contribution < -0.4 is 6.15 Å². The van der Waals surface area contributed by atoms with Gasteiger partial charge in [0.25, 0.3) is 0 Å². The highest BCUT2D eigenvalue weighted by Gasteiger charge is 1.96. The standard InChI is InChI=1S/C5H5O2P.H3N/c6-5(7)8-3-1-2-4-8;/h1-4H,(H,6,7);1H3. The molecule has 3 nitrogen and oxygen atoms in total. The summed E-state index contributed by atoms with van der Waals surface area (Å²) in [6.45, 7) is 0. The van der Waals surface area contributed by atoms with Crippen molar-refractivity contribution in [2.24, 2.45) is 0 Å². The fraction of sp³-hybridized carbons (Fsp3) is 0. The van der Waals surface area contributed by atoms with Crippen molar-refractivity contribution in [1.82, 2.24) is 6.15 Å². The number of hydrogen-bond donors (Lipinski definition) is 2. The van der Waals surface area contributed by atoms with Crippen LogP contribution >= 0.6 is 7.53 Å². The van der Waals surface area contributed by atoms with Crippen LogP contribution in [0.25, 0.3) is 0 Å². The van der Waals surface area contributed by atoms with E-state index < -0.39 is 13.2 Å². The minimum atomic E-state index is -0.949. The predicted octanol–water partition coefficient (Wildman–Crippen LogP) is 2.36. The smallest absolute Gasteiger partial charge is 0.349 e. The highest BCUT2D eigenvalue weighted by molar-refractivity contribution is 7.66. The van der Waals surface area contributed by atoms with Crippen LogP contribution in [0.1, 0.15) is 0 Å². The van der Waals surface area contributed by atoms with E-state index in [4.69, 9.17) is 5.11 Å². The summed E-state index contributed by atoms with van der Waals surface area (Å²) in [5, 5.41) is 8.34. The maximum atomic E-state index is 10.1. The molecule has 1 rings (SSSR count). The predicted molar refractivity (Wildman–Crippen MR) is 37.6 cm³/mol. The molecule has 4 heteroatoms. The van der Waals surface area contributed by atoms with Gasteiger partial charge < -0.3 is 11.3 Å². The summed E-state index contributed by atoms with van der Waals surface area (Å²) >= 11 is 0. The van der Waals surface area contributed by atoms with Gasteiger partial charge in [-0.3, -0.25) is 0 Å². The van der Waals surface area contributed by atoms with E-state index in [1.54, 1.807) is 23.7 Å². The Morgan fingerprint density at radius 3 is 2.00 bits per heavy atom. The molecule has 0 unspecified atom stereocenters. The van der Waals surface area contributed by atoms with Crippen LogP contribution in [-0.2, 0) is 0 Å². The van der Waals surface area contributed by atoms with Crippen LogP contribution in [0.3, 0.4) is 0 Å². The van der Waals surface area contributed by atoms with Gasteiger partial charge in [0.05, 0.1) is 0 Å². The second kappa shape index (κ2) is 3.28. The first-order valence-corrected chi connectivity index (χ1v) is 3.65. The molecule has 9 heavy (non-hydrogen) atoms. The molecule has 0 bridgehead atoms. The van der Waals surface area contributed by atoms with E-state index in [0.717, 1.165) is 0 Å². The number of rotatable bonds is 1. The average Bonchev–Trinajstić information content (AvgIpc) is 2.12. The highest BCUT2D eigenvalue weighted by Crippen LogP contribution is 2.25. The molecule has 4 N–H and O–H groups in total. The van der Waals surface area contributed by atoms with Gasteiger partial charge in [0, 0.05) is 0 Å². The number of carbonyl (C=O) groups is 1. The third-order valence-corrected chi connectivity index (χ3v) is 2.25. The van der Waals surface area contributed by atoms with E-state index >= 15 is 0 Å². The summed E-state index contributed by atoms with van der Waals surface area (Å²) in [5.74, 6) is 3.41. The van der Waals surface area contributed by atoms with E-state index in [-0.39, 0.29) is 6.15 Å². The van der Waals surface area contributed by atoms with Gasteiger partial charge in [0.2, 0.25) is 0 Å². The molecule has 0 atom stereocenters. The Kier molecular flexibility index (Phi) is 2.99. The van der Waals surface area contributed by atoms with Gasteiger partial charge >= 0.3 is 5.71 Å². The molecule has 0 aromatic carbocycles. The summed E-state index contributed by atoms with van der Waals surface area (Å²) in [4.78, 5) is 10.1. The molecule has 0 saturated heterocycles. The van der Waals surface area contributed by atoms with Crippen molar-refractivity contribution >= 4 is 13.2 Å². The summed E-state index contributed by atoms with van der Waals surface area (Å²) in [7, 11) is -0.949. The third kappa shape index (κ3) is 1.88. The van der Waals surface area contributed by atoms with Gasteiger partial charge in [-0.15, -0.1) is 0 Å². The molecule has 1 heterocycles. The van der Waals surface area contributed by atoms with Crippen molar-refractivity contribution in [1.29, 1.82) is 0 Å². The topological polar surface area (TPSA) is 72.3 Å². The Morgan fingerprint density at radius 1 is 1.33 bits per heavy atom. The van der Waals surface area contributed by atoms with Crippen molar-refractivity contribution in [2.45, 2.75) is 0 Å². The molecule has 1 aromatic rings. The Balaban J connectivity index is 0.000000640. The van der Waals surface area contributed by atoms with Gasteiger partial charge in [0.15, 0.2) is 0 Å². The van der Waals surface area contributed by atoms with Crippen molar-refractivity contribution in [2.75, 3.05) is 0 Å². The first-order valence-electron chi connectivity index (χ1n) is 2.17. The lowest BCUT2D eigenvalue weighted by Gasteiger charge is -1.81. The lowest BCUT2D eigenvalue weighted by Crippen LogP contribution is -1.74. The van der Waals surface area contributed by atoms with Crippen LogP contribution in [0.4, 0.5) is 4.79 Å². The molecule has 0 aliphatic carbocycles. The van der Waals surface area contributed by atoms with Crippen LogP contribution in [-0.4, -0.2) is 10.8 Å². The molecular formula is C5H8NO2P.